The number of ether oxygens (including phenoxy) is 2. The molecule has 2 amide bonds. The molecule has 0 aliphatic carbocycles. The SMILES string of the molecule is CC(O)C(=O)NC[C@@H]1CC[C@@H](NC(=O)OC(C)(C)C)CO1. The van der Waals surface area contributed by atoms with E-state index in [1.54, 1.807) is 0 Å². The van der Waals surface area contributed by atoms with Gasteiger partial charge in [-0.15, -0.1) is 0 Å². The van der Waals surface area contributed by atoms with Gasteiger partial charge in [-0.05, 0) is 40.5 Å². The molecule has 0 aromatic rings. The molecule has 1 heterocycles. The minimum absolute atomic E-state index is 0.0800. The molecule has 1 aliphatic heterocycles. The zero-order valence-electron chi connectivity index (χ0n) is 13.1. The van der Waals surface area contributed by atoms with Crippen molar-refractivity contribution in [2.45, 2.75) is 64.4 Å². The zero-order chi connectivity index (χ0) is 16.0. The third-order valence-electron chi connectivity index (χ3n) is 2.97. The van der Waals surface area contributed by atoms with Gasteiger partial charge in [-0.2, -0.15) is 0 Å². The zero-order valence-corrected chi connectivity index (χ0v) is 13.1. The van der Waals surface area contributed by atoms with E-state index in [1.165, 1.54) is 6.92 Å². The van der Waals surface area contributed by atoms with Gasteiger partial charge in [-0.1, -0.05) is 0 Å². The van der Waals surface area contributed by atoms with Crippen LogP contribution < -0.4 is 10.6 Å². The van der Waals surface area contributed by atoms with E-state index in [2.05, 4.69) is 10.6 Å². The first-order valence-electron chi connectivity index (χ1n) is 7.24. The van der Waals surface area contributed by atoms with E-state index in [9.17, 15) is 9.59 Å². The minimum atomic E-state index is -1.02. The van der Waals surface area contributed by atoms with E-state index in [0.29, 0.717) is 13.2 Å². The van der Waals surface area contributed by atoms with Crippen LogP contribution in [0.5, 0.6) is 0 Å². The van der Waals surface area contributed by atoms with Crippen LogP contribution in [0.4, 0.5) is 4.79 Å². The molecule has 7 heteroatoms. The molecule has 0 aromatic heterocycles. The van der Waals surface area contributed by atoms with Gasteiger partial charge in [0.2, 0.25) is 5.91 Å². The molecule has 1 unspecified atom stereocenters. The Bertz CT molecular complexity index is 357. The van der Waals surface area contributed by atoms with Crippen LogP contribution >= 0.6 is 0 Å². The first kappa shape index (κ1) is 17.7. The summed E-state index contributed by atoms with van der Waals surface area (Å²) in [7, 11) is 0. The number of hydrogen-bond acceptors (Lipinski definition) is 5. The highest BCUT2D eigenvalue weighted by Gasteiger charge is 2.25. The molecule has 1 aliphatic rings. The highest BCUT2D eigenvalue weighted by Crippen LogP contribution is 2.14. The molecule has 3 atom stereocenters. The van der Waals surface area contributed by atoms with Crippen molar-refractivity contribution in [2.75, 3.05) is 13.2 Å². The van der Waals surface area contributed by atoms with E-state index in [-0.39, 0.29) is 12.1 Å². The van der Waals surface area contributed by atoms with Crippen molar-refractivity contribution in [3.63, 3.8) is 0 Å². The Hall–Kier alpha value is -1.34. The Balaban J connectivity index is 2.23. The highest BCUT2D eigenvalue weighted by molar-refractivity contribution is 5.79. The predicted octanol–water partition coefficient (Wildman–Crippen LogP) is 0.556. The number of hydrogen-bond donors (Lipinski definition) is 3. The van der Waals surface area contributed by atoms with Crippen molar-refractivity contribution >= 4 is 12.0 Å². The molecule has 7 nitrogen and oxygen atoms in total. The fourth-order valence-electron chi connectivity index (χ4n) is 1.92. The van der Waals surface area contributed by atoms with Crippen LogP contribution in [0.15, 0.2) is 0 Å². The Morgan fingerprint density at radius 3 is 2.52 bits per heavy atom. The Morgan fingerprint density at radius 2 is 2.05 bits per heavy atom. The number of nitrogens with one attached hydrogen (secondary N) is 2. The summed E-state index contributed by atoms with van der Waals surface area (Å²) in [5, 5.41) is 14.4. The topological polar surface area (TPSA) is 96.9 Å². The van der Waals surface area contributed by atoms with Crippen LogP contribution in [0, 0.1) is 0 Å². The Kier molecular flexibility index (Phi) is 6.42. The number of alkyl carbamates (subject to hydrolysis) is 1. The molecular formula is C14H26N2O5. The molecule has 0 bridgehead atoms. The lowest BCUT2D eigenvalue weighted by atomic mass is 10.1. The van der Waals surface area contributed by atoms with Crippen molar-refractivity contribution in [2.24, 2.45) is 0 Å². The molecule has 0 radical (unpaired) electrons. The number of aliphatic hydroxyl groups excluding tert-OH is 1. The quantitative estimate of drug-likeness (QED) is 0.705. The van der Waals surface area contributed by atoms with Gasteiger partial charge in [-0.25, -0.2) is 4.79 Å². The standard InChI is InChI=1S/C14H26N2O5/c1-9(17)12(18)15-7-11-6-5-10(8-20-11)16-13(19)21-14(2,3)4/h9-11,17H,5-8H2,1-4H3,(H,15,18)(H,16,19)/t9?,10-,11+/m1/s1. The molecule has 0 saturated carbocycles. The fraction of sp³-hybridized carbons (Fsp3) is 0.857. The van der Waals surface area contributed by atoms with Gasteiger partial charge in [0.1, 0.15) is 11.7 Å². The van der Waals surface area contributed by atoms with E-state index in [0.717, 1.165) is 12.8 Å². The monoisotopic (exact) mass is 302 g/mol. The lowest BCUT2D eigenvalue weighted by Gasteiger charge is -2.30. The summed E-state index contributed by atoms with van der Waals surface area (Å²) in [6, 6.07) is -0.0800. The molecule has 1 saturated heterocycles. The van der Waals surface area contributed by atoms with Crippen LogP contribution in [-0.4, -0.2) is 54.1 Å². The second-order valence-electron chi connectivity index (χ2n) is 6.30. The maximum Gasteiger partial charge on any atom is 0.407 e. The summed E-state index contributed by atoms with van der Waals surface area (Å²) in [6.45, 7) is 7.59. The van der Waals surface area contributed by atoms with Gasteiger partial charge in [0.15, 0.2) is 0 Å². The molecule has 3 N–H and O–H groups in total. The van der Waals surface area contributed by atoms with Crippen LogP contribution in [0.1, 0.15) is 40.5 Å². The molecule has 1 rings (SSSR count). The van der Waals surface area contributed by atoms with Gasteiger partial charge >= 0.3 is 6.09 Å². The number of carbonyl (C=O) groups excluding carboxylic acids is 2. The fourth-order valence-corrected chi connectivity index (χ4v) is 1.92. The third-order valence-corrected chi connectivity index (χ3v) is 2.97. The second kappa shape index (κ2) is 7.61. The summed E-state index contributed by atoms with van der Waals surface area (Å²) in [4.78, 5) is 22.9. The average Bonchev–Trinajstić information content (AvgIpc) is 2.35. The summed E-state index contributed by atoms with van der Waals surface area (Å²) < 4.78 is 10.8. The third kappa shape index (κ3) is 7.29. The first-order valence-corrected chi connectivity index (χ1v) is 7.24. The number of aliphatic hydroxyl groups is 1. The summed E-state index contributed by atoms with van der Waals surface area (Å²) >= 11 is 0. The minimum Gasteiger partial charge on any atom is -0.444 e. The summed E-state index contributed by atoms with van der Waals surface area (Å²) in [5.74, 6) is -0.410. The second-order valence-corrected chi connectivity index (χ2v) is 6.30. The Labute approximate surface area is 125 Å². The normalized spacial score (nSPS) is 24.0. The van der Waals surface area contributed by atoms with Crippen LogP contribution in [0.25, 0.3) is 0 Å². The van der Waals surface area contributed by atoms with Crippen molar-refractivity contribution in [3.8, 4) is 0 Å². The number of carbonyl (C=O) groups is 2. The van der Waals surface area contributed by atoms with Crippen molar-refractivity contribution < 1.29 is 24.2 Å². The van der Waals surface area contributed by atoms with Crippen molar-refractivity contribution in [1.82, 2.24) is 10.6 Å². The maximum atomic E-state index is 11.6. The van der Waals surface area contributed by atoms with Crippen LogP contribution in [0.3, 0.4) is 0 Å². The van der Waals surface area contributed by atoms with Crippen molar-refractivity contribution in [3.05, 3.63) is 0 Å². The smallest absolute Gasteiger partial charge is 0.407 e. The molecule has 1 fully saturated rings. The molecule has 0 spiro atoms. The first-order chi connectivity index (χ1) is 9.67. The summed E-state index contributed by atoms with van der Waals surface area (Å²) in [6.07, 6.45) is -0.0776. The lowest BCUT2D eigenvalue weighted by Crippen LogP contribution is -2.47. The van der Waals surface area contributed by atoms with E-state index in [1.807, 2.05) is 20.8 Å². The van der Waals surface area contributed by atoms with E-state index >= 15 is 0 Å². The molecule has 122 valence electrons. The number of amides is 2. The lowest BCUT2D eigenvalue weighted by molar-refractivity contribution is -0.129. The van der Waals surface area contributed by atoms with E-state index < -0.39 is 23.7 Å². The largest absolute Gasteiger partial charge is 0.444 e. The van der Waals surface area contributed by atoms with Gasteiger partial charge in [-0.3, -0.25) is 4.79 Å². The van der Waals surface area contributed by atoms with Gasteiger partial charge < -0.3 is 25.2 Å². The maximum absolute atomic E-state index is 11.6. The van der Waals surface area contributed by atoms with Gasteiger partial charge in [0, 0.05) is 6.54 Å². The summed E-state index contributed by atoms with van der Waals surface area (Å²) in [5.41, 5.74) is -0.520. The molecule has 0 aromatic carbocycles. The van der Waals surface area contributed by atoms with Crippen molar-refractivity contribution in [1.29, 1.82) is 0 Å². The van der Waals surface area contributed by atoms with Crippen LogP contribution in [0.2, 0.25) is 0 Å². The average molecular weight is 302 g/mol. The predicted molar refractivity (Wildman–Crippen MR) is 76.8 cm³/mol. The highest BCUT2D eigenvalue weighted by atomic mass is 16.6. The van der Waals surface area contributed by atoms with E-state index in [4.69, 9.17) is 14.6 Å². The van der Waals surface area contributed by atoms with Crippen LogP contribution in [-0.2, 0) is 14.3 Å². The molecule has 21 heavy (non-hydrogen) atoms. The Morgan fingerprint density at radius 1 is 1.38 bits per heavy atom. The van der Waals surface area contributed by atoms with Gasteiger partial charge in [0.05, 0.1) is 18.8 Å². The number of rotatable bonds is 4. The molecular weight excluding hydrogens is 276 g/mol. The van der Waals surface area contributed by atoms with Gasteiger partial charge in [0.25, 0.3) is 0 Å².